The third kappa shape index (κ3) is 3.89. The molecule has 1 nitrogen and oxygen atoms in total. The van der Waals surface area contributed by atoms with Gasteiger partial charge in [-0.1, -0.05) is 34.6 Å². The van der Waals surface area contributed by atoms with Gasteiger partial charge < -0.3 is 0 Å². The highest BCUT2D eigenvalue weighted by atomic mass is 16.1. The summed E-state index contributed by atoms with van der Waals surface area (Å²) in [4.78, 5) is 11.6. The predicted octanol–water partition coefficient (Wildman–Crippen LogP) is 3.28. The molecule has 0 spiro atoms. The summed E-state index contributed by atoms with van der Waals surface area (Å²) in [5, 5.41) is 0. The second-order valence-corrected chi connectivity index (χ2v) is 4.32. The Bertz CT molecular complexity index is 136. The first-order chi connectivity index (χ1) is 5.49. The fourth-order valence-electron chi connectivity index (χ4n) is 1.62. The summed E-state index contributed by atoms with van der Waals surface area (Å²) >= 11 is 0. The molecule has 1 unspecified atom stereocenters. The lowest BCUT2D eigenvalue weighted by Crippen LogP contribution is -2.20. The molecule has 0 aliphatic heterocycles. The lowest BCUT2D eigenvalue weighted by Gasteiger charge is -2.18. The summed E-state index contributed by atoms with van der Waals surface area (Å²) in [6.45, 7) is 10.6. The topological polar surface area (TPSA) is 17.1 Å². The molecule has 0 saturated heterocycles. The second-order valence-electron chi connectivity index (χ2n) is 4.32. The first-order valence-electron chi connectivity index (χ1n) is 5.01. The van der Waals surface area contributed by atoms with E-state index < -0.39 is 0 Å². The molecular weight excluding hydrogens is 148 g/mol. The lowest BCUT2D eigenvalue weighted by molar-refractivity contribution is -0.124. The van der Waals surface area contributed by atoms with Crippen molar-refractivity contribution in [3.63, 3.8) is 0 Å². The smallest absolute Gasteiger partial charge is 0.136 e. The van der Waals surface area contributed by atoms with Crippen LogP contribution in [0.1, 0.15) is 47.5 Å². The maximum Gasteiger partial charge on any atom is 0.136 e. The zero-order valence-corrected chi connectivity index (χ0v) is 9.05. The van der Waals surface area contributed by atoms with E-state index in [2.05, 4.69) is 34.6 Å². The van der Waals surface area contributed by atoms with Crippen LogP contribution in [0.4, 0.5) is 0 Å². The van der Waals surface area contributed by atoms with Gasteiger partial charge in [0, 0.05) is 12.3 Å². The molecule has 12 heavy (non-hydrogen) atoms. The van der Waals surface area contributed by atoms with Crippen LogP contribution in [-0.2, 0) is 4.79 Å². The van der Waals surface area contributed by atoms with Crippen LogP contribution in [0.2, 0.25) is 0 Å². The van der Waals surface area contributed by atoms with E-state index in [4.69, 9.17) is 0 Å². The van der Waals surface area contributed by atoms with Crippen LogP contribution >= 0.6 is 0 Å². The van der Waals surface area contributed by atoms with Crippen LogP contribution in [0.5, 0.6) is 0 Å². The molecule has 0 radical (unpaired) electrons. The standard InChI is InChI=1S/C11H22O/c1-6-10(9(4)5)11(12)7-8(2)3/h8-10H,6-7H2,1-5H3. The Morgan fingerprint density at radius 1 is 1.17 bits per heavy atom. The van der Waals surface area contributed by atoms with Crippen molar-refractivity contribution in [2.45, 2.75) is 47.5 Å². The summed E-state index contributed by atoms with van der Waals surface area (Å²) in [6.07, 6.45) is 1.74. The second kappa shape index (κ2) is 5.34. The highest BCUT2D eigenvalue weighted by molar-refractivity contribution is 5.81. The van der Waals surface area contributed by atoms with Crippen molar-refractivity contribution >= 4 is 5.78 Å². The molecule has 1 heteroatoms. The molecule has 1 atom stereocenters. The SMILES string of the molecule is CCC(C(=O)CC(C)C)C(C)C. The Balaban J connectivity index is 4.04. The van der Waals surface area contributed by atoms with Crippen molar-refractivity contribution in [2.24, 2.45) is 17.8 Å². The van der Waals surface area contributed by atoms with Gasteiger partial charge in [-0.3, -0.25) is 4.79 Å². The van der Waals surface area contributed by atoms with E-state index in [9.17, 15) is 4.79 Å². The molecule has 0 aliphatic rings. The van der Waals surface area contributed by atoms with Crippen LogP contribution in [0.25, 0.3) is 0 Å². The van der Waals surface area contributed by atoms with Gasteiger partial charge in [0.05, 0.1) is 0 Å². The maximum atomic E-state index is 11.6. The minimum atomic E-state index is 0.285. The Morgan fingerprint density at radius 2 is 1.67 bits per heavy atom. The van der Waals surface area contributed by atoms with Crippen molar-refractivity contribution in [3.8, 4) is 0 Å². The summed E-state index contributed by atoms with van der Waals surface area (Å²) in [7, 11) is 0. The summed E-state index contributed by atoms with van der Waals surface area (Å²) in [5.41, 5.74) is 0. The average molecular weight is 170 g/mol. The Hall–Kier alpha value is -0.330. The summed E-state index contributed by atoms with van der Waals surface area (Å²) < 4.78 is 0. The number of ketones is 1. The highest BCUT2D eigenvalue weighted by Crippen LogP contribution is 2.19. The van der Waals surface area contributed by atoms with Gasteiger partial charge in [0.25, 0.3) is 0 Å². The first kappa shape index (κ1) is 11.7. The van der Waals surface area contributed by atoms with Crippen molar-refractivity contribution < 1.29 is 4.79 Å². The van der Waals surface area contributed by atoms with Crippen molar-refractivity contribution in [2.75, 3.05) is 0 Å². The zero-order valence-electron chi connectivity index (χ0n) is 9.05. The molecule has 0 heterocycles. The zero-order chi connectivity index (χ0) is 9.72. The fraction of sp³-hybridized carbons (Fsp3) is 0.909. The number of Topliss-reactive ketones (excluding diaryl/α,β-unsaturated/α-hetero) is 1. The number of hydrogen-bond acceptors (Lipinski definition) is 1. The number of hydrogen-bond donors (Lipinski definition) is 0. The lowest BCUT2D eigenvalue weighted by atomic mass is 9.86. The van der Waals surface area contributed by atoms with E-state index in [1.165, 1.54) is 0 Å². The van der Waals surface area contributed by atoms with Crippen molar-refractivity contribution in [1.82, 2.24) is 0 Å². The highest BCUT2D eigenvalue weighted by Gasteiger charge is 2.20. The van der Waals surface area contributed by atoms with Crippen molar-refractivity contribution in [1.29, 1.82) is 0 Å². The quantitative estimate of drug-likeness (QED) is 0.619. The van der Waals surface area contributed by atoms with Gasteiger partial charge in [0.2, 0.25) is 0 Å². The van der Waals surface area contributed by atoms with Crippen LogP contribution in [0.15, 0.2) is 0 Å². The summed E-state index contributed by atoms with van der Waals surface area (Å²) in [5.74, 6) is 1.74. The Labute approximate surface area is 76.6 Å². The van der Waals surface area contributed by atoms with Crippen LogP contribution in [0, 0.1) is 17.8 Å². The molecule has 72 valence electrons. The predicted molar refractivity (Wildman–Crippen MR) is 53.1 cm³/mol. The van der Waals surface area contributed by atoms with Gasteiger partial charge in [-0.2, -0.15) is 0 Å². The van der Waals surface area contributed by atoms with E-state index >= 15 is 0 Å². The third-order valence-corrected chi connectivity index (χ3v) is 2.27. The molecule has 0 aromatic rings. The van der Waals surface area contributed by atoms with Crippen LogP contribution in [0.3, 0.4) is 0 Å². The molecule has 0 saturated carbocycles. The van der Waals surface area contributed by atoms with Gasteiger partial charge in [0.1, 0.15) is 5.78 Å². The molecule has 0 rings (SSSR count). The van der Waals surface area contributed by atoms with Gasteiger partial charge >= 0.3 is 0 Å². The van der Waals surface area contributed by atoms with E-state index in [1.807, 2.05) is 0 Å². The molecule has 0 bridgehead atoms. The van der Waals surface area contributed by atoms with E-state index in [1.54, 1.807) is 0 Å². The monoisotopic (exact) mass is 170 g/mol. The van der Waals surface area contributed by atoms with E-state index in [0.29, 0.717) is 17.6 Å². The molecular formula is C11H22O. The molecule has 0 N–H and O–H groups in total. The van der Waals surface area contributed by atoms with Gasteiger partial charge in [-0.25, -0.2) is 0 Å². The van der Waals surface area contributed by atoms with E-state index in [0.717, 1.165) is 12.8 Å². The largest absolute Gasteiger partial charge is 0.299 e. The van der Waals surface area contributed by atoms with Crippen LogP contribution in [-0.4, -0.2) is 5.78 Å². The minimum Gasteiger partial charge on any atom is -0.299 e. The van der Waals surface area contributed by atoms with E-state index in [-0.39, 0.29) is 5.92 Å². The molecule has 0 aromatic carbocycles. The number of carbonyl (C=O) groups excluding carboxylic acids is 1. The average Bonchev–Trinajstić information content (AvgIpc) is 1.85. The van der Waals surface area contributed by atoms with Gasteiger partial charge in [0.15, 0.2) is 0 Å². The van der Waals surface area contributed by atoms with Gasteiger partial charge in [-0.15, -0.1) is 0 Å². The van der Waals surface area contributed by atoms with Crippen LogP contribution < -0.4 is 0 Å². The minimum absolute atomic E-state index is 0.285. The Morgan fingerprint density at radius 3 is 1.92 bits per heavy atom. The fourth-order valence-corrected chi connectivity index (χ4v) is 1.62. The summed E-state index contributed by atoms with van der Waals surface area (Å²) in [6, 6.07) is 0. The molecule has 0 aliphatic carbocycles. The molecule has 0 amide bonds. The molecule has 0 fully saturated rings. The normalized spacial score (nSPS) is 13.9. The number of rotatable bonds is 5. The maximum absolute atomic E-state index is 11.6. The van der Waals surface area contributed by atoms with Gasteiger partial charge in [-0.05, 0) is 18.3 Å². The first-order valence-corrected chi connectivity index (χ1v) is 5.01. The van der Waals surface area contributed by atoms with Crippen molar-refractivity contribution in [3.05, 3.63) is 0 Å². The molecule has 0 aromatic heterocycles. The number of carbonyl (C=O) groups is 1. The third-order valence-electron chi connectivity index (χ3n) is 2.27. The Kier molecular flexibility index (Phi) is 5.19.